The van der Waals surface area contributed by atoms with Crippen LogP contribution in [-0.4, -0.2) is 48.2 Å². The Morgan fingerprint density at radius 2 is 1.84 bits per heavy atom. The minimum absolute atomic E-state index is 0.00676. The largest absolute Gasteiger partial charge is 0.417 e. The lowest BCUT2D eigenvalue weighted by Gasteiger charge is -2.43. The predicted octanol–water partition coefficient (Wildman–Crippen LogP) is 4.34. The summed E-state index contributed by atoms with van der Waals surface area (Å²) < 4.78 is 40.4. The molecule has 0 radical (unpaired) electrons. The molecule has 0 atom stereocenters. The number of halogens is 3. The van der Waals surface area contributed by atoms with Crippen LogP contribution in [0.1, 0.15) is 37.7 Å². The molecule has 0 bridgehead atoms. The van der Waals surface area contributed by atoms with Crippen molar-refractivity contribution in [3.05, 3.63) is 52.7 Å². The van der Waals surface area contributed by atoms with Gasteiger partial charge in [-0.3, -0.25) is 9.69 Å². The lowest BCUT2D eigenvalue weighted by atomic mass is 9.75. The Hall–Kier alpha value is -2.79. The Bertz CT molecular complexity index is 982. The summed E-state index contributed by atoms with van der Waals surface area (Å²) in [4.78, 5) is 19.0. The maximum absolute atomic E-state index is 13.5. The summed E-state index contributed by atoms with van der Waals surface area (Å²) in [7, 11) is 3.99. The number of carbonyl (C=O) groups excluding carboxylic acids is 1. The van der Waals surface area contributed by atoms with Crippen LogP contribution in [0.5, 0.6) is 0 Å². The highest BCUT2D eigenvalue weighted by Crippen LogP contribution is 2.48. The fourth-order valence-electron chi connectivity index (χ4n) is 4.70. The van der Waals surface area contributed by atoms with E-state index in [0.717, 1.165) is 30.3 Å². The maximum Gasteiger partial charge on any atom is 0.417 e. The molecule has 1 heterocycles. The predicted molar refractivity (Wildman–Crippen MR) is 111 cm³/mol. The number of hydrogen-bond acceptors (Lipinski definition) is 4. The van der Waals surface area contributed by atoms with Crippen molar-refractivity contribution in [1.82, 2.24) is 9.80 Å². The van der Waals surface area contributed by atoms with E-state index in [1.54, 1.807) is 6.07 Å². The molecule has 5 nitrogen and oxygen atoms in total. The van der Waals surface area contributed by atoms with Crippen molar-refractivity contribution in [2.75, 3.05) is 25.7 Å². The number of amides is 1. The van der Waals surface area contributed by atoms with Crippen LogP contribution in [0.15, 0.2) is 47.2 Å². The highest BCUT2D eigenvalue weighted by Gasteiger charge is 2.57. The summed E-state index contributed by atoms with van der Waals surface area (Å²) >= 11 is 0. The van der Waals surface area contributed by atoms with Gasteiger partial charge in [-0.2, -0.15) is 18.4 Å². The molecule has 164 valence electrons. The van der Waals surface area contributed by atoms with Gasteiger partial charge in [-0.05, 0) is 70.0 Å². The number of alkyl halides is 3. The lowest BCUT2D eigenvalue weighted by Crippen LogP contribution is -2.54. The summed E-state index contributed by atoms with van der Waals surface area (Å²) in [5.74, 6) is -0.135. The number of hydrogen-bond donors (Lipinski definition) is 0. The van der Waals surface area contributed by atoms with Gasteiger partial charge in [0.15, 0.2) is 0 Å². The molecule has 0 aromatic heterocycles. The quantitative estimate of drug-likeness (QED) is 0.713. The second kappa shape index (κ2) is 7.72. The standard InChI is InChI=1S/C23H25F3N4O/c1-28(2)14-16-4-7-18(8-5-16)30-15-29(21(31)22(30)10-3-11-22)19-9-6-17(13-27)20(12-19)23(24,25)26/h4-5,7-8,12H,3,6,9-11,14-15H2,1-2H3. The van der Waals surface area contributed by atoms with Crippen LogP contribution < -0.4 is 4.90 Å². The SMILES string of the molecule is CN(C)Cc1ccc(N2CN(C3=CC(C(F)(F)F)=C(C#N)CC3)C(=O)C23CCC3)cc1. The van der Waals surface area contributed by atoms with Crippen LogP contribution in [0.25, 0.3) is 0 Å². The van der Waals surface area contributed by atoms with Crippen molar-refractivity contribution in [3.63, 3.8) is 0 Å². The van der Waals surface area contributed by atoms with E-state index in [9.17, 15) is 18.0 Å². The third kappa shape index (κ3) is 3.72. The lowest BCUT2D eigenvalue weighted by molar-refractivity contribution is -0.133. The van der Waals surface area contributed by atoms with Crippen molar-refractivity contribution < 1.29 is 18.0 Å². The first-order chi connectivity index (χ1) is 14.7. The smallest absolute Gasteiger partial charge is 0.339 e. The number of anilines is 1. The number of carbonyl (C=O) groups is 1. The highest BCUT2D eigenvalue weighted by atomic mass is 19.4. The van der Waals surface area contributed by atoms with E-state index in [1.807, 2.05) is 43.3 Å². The third-order valence-corrected chi connectivity index (χ3v) is 6.42. The molecular formula is C23H25F3N4O. The molecular weight excluding hydrogens is 405 g/mol. The molecule has 0 N–H and O–H groups in total. The van der Waals surface area contributed by atoms with Gasteiger partial charge in [-0.25, -0.2) is 0 Å². The van der Waals surface area contributed by atoms with E-state index in [4.69, 9.17) is 5.26 Å². The summed E-state index contributed by atoms with van der Waals surface area (Å²) in [5, 5.41) is 9.10. The first kappa shape index (κ1) is 21.4. The van der Waals surface area contributed by atoms with Crippen molar-refractivity contribution >= 4 is 11.6 Å². The van der Waals surface area contributed by atoms with Crippen molar-refractivity contribution in [3.8, 4) is 6.07 Å². The topological polar surface area (TPSA) is 50.6 Å². The van der Waals surface area contributed by atoms with Gasteiger partial charge >= 0.3 is 6.18 Å². The fraction of sp³-hybridized carbons (Fsp3) is 0.478. The van der Waals surface area contributed by atoms with Crippen LogP contribution in [0.4, 0.5) is 18.9 Å². The van der Waals surface area contributed by atoms with E-state index < -0.39 is 17.3 Å². The second-order valence-corrected chi connectivity index (χ2v) is 8.73. The van der Waals surface area contributed by atoms with Gasteiger partial charge < -0.3 is 9.80 Å². The van der Waals surface area contributed by atoms with Crippen molar-refractivity contribution in [2.45, 2.75) is 50.4 Å². The summed E-state index contributed by atoms with van der Waals surface area (Å²) in [6, 6.07) is 9.70. The first-order valence-corrected chi connectivity index (χ1v) is 10.4. The normalized spacial score (nSPS) is 20.9. The molecule has 31 heavy (non-hydrogen) atoms. The molecule has 8 heteroatoms. The molecule has 2 aliphatic carbocycles. The Balaban J connectivity index is 1.65. The Labute approximate surface area is 180 Å². The molecule has 1 amide bonds. The molecule has 2 fully saturated rings. The van der Waals surface area contributed by atoms with Gasteiger partial charge in [-0.1, -0.05) is 12.1 Å². The zero-order chi connectivity index (χ0) is 22.4. The number of benzene rings is 1. The number of rotatable bonds is 4. The Morgan fingerprint density at radius 1 is 1.16 bits per heavy atom. The van der Waals surface area contributed by atoms with Crippen LogP contribution in [0, 0.1) is 11.3 Å². The van der Waals surface area contributed by atoms with E-state index >= 15 is 0 Å². The maximum atomic E-state index is 13.5. The monoisotopic (exact) mass is 430 g/mol. The van der Waals surface area contributed by atoms with E-state index in [2.05, 4.69) is 4.90 Å². The highest BCUT2D eigenvalue weighted by molar-refractivity contribution is 5.95. The minimum atomic E-state index is -4.62. The molecule has 1 aromatic rings. The number of nitriles is 1. The number of nitrogens with zero attached hydrogens (tertiary/aromatic N) is 4. The van der Waals surface area contributed by atoms with Gasteiger partial charge in [0.25, 0.3) is 5.91 Å². The van der Waals surface area contributed by atoms with E-state index in [1.165, 1.54) is 4.90 Å². The summed E-state index contributed by atoms with van der Waals surface area (Å²) in [6.45, 7) is 1.03. The zero-order valence-electron chi connectivity index (χ0n) is 17.7. The van der Waals surface area contributed by atoms with Crippen molar-refractivity contribution in [2.24, 2.45) is 0 Å². The molecule has 1 aliphatic heterocycles. The average Bonchev–Trinajstić information content (AvgIpc) is 3.00. The second-order valence-electron chi connectivity index (χ2n) is 8.73. The van der Waals surface area contributed by atoms with Crippen LogP contribution >= 0.6 is 0 Å². The van der Waals surface area contributed by atoms with Crippen LogP contribution in [0.3, 0.4) is 0 Å². The Morgan fingerprint density at radius 3 is 2.35 bits per heavy atom. The molecule has 3 aliphatic rings. The molecule has 4 rings (SSSR count). The summed E-state index contributed by atoms with van der Waals surface area (Å²) in [6.07, 6.45) is -1.07. The van der Waals surface area contributed by atoms with Crippen LogP contribution in [-0.2, 0) is 11.3 Å². The molecule has 1 aromatic carbocycles. The first-order valence-electron chi connectivity index (χ1n) is 10.4. The van der Waals surface area contributed by atoms with E-state index in [-0.39, 0.29) is 31.0 Å². The zero-order valence-corrected chi connectivity index (χ0v) is 17.7. The van der Waals surface area contributed by atoms with Crippen LogP contribution in [0.2, 0.25) is 0 Å². The van der Waals surface area contributed by atoms with Gasteiger partial charge in [-0.15, -0.1) is 0 Å². The van der Waals surface area contributed by atoms with Crippen molar-refractivity contribution in [1.29, 1.82) is 5.26 Å². The number of allylic oxidation sites excluding steroid dienone is 4. The molecule has 1 saturated heterocycles. The van der Waals surface area contributed by atoms with Gasteiger partial charge in [0.1, 0.15) is 5.54 Å². The molecule has 1 spiro atoms. The average molecular weight is 430 g/mol. The Kier molecular flexibility index (Phi) is 5.34. The van der Waals surface area contributed by atoms with Gasteiger partial charge in [0.05, 0.1) is 18.3 Å². The molecule has 1 saturated carbocycles. The van der Waals surface area contributed by atoms with Gasteiger partial charge in [0.2, 0.25) is 0 Å². The van der Waals surface area contributed by atoms with Gasteiger partial charge in [0, 0.05) is 23.5 Å². The summed E-state index contributed by atoms with van der Waals surface area (Å²) in [5.41, 5.74) is 0.514. The third-order valence-electron chi connectivity index (χ3n) is 6.42. The minimum Gasteiger partial charge on any atom is -0.339 e. The fourth-order valence-corrected chi connectivity index (χ4v) is 4.70. The van der Waals surface area contributed by atoms with E-state index in [0.29, 0.717) is 18.5 Å². The molecule has 0 unspecified atom stereocenters.